The molecule has 1 aromatic heterocycles. The van der Waals surface area contributed by atoms with Gasteiger partial charge >= 0.3 is 5.97 Å². The third-order valence-corrected chi connectivity index (χ3v) is 3.64. The minimum atomic E-state index is -0.933. The lowest BCUT2D eigenvalue weighted by Gasteiger charge is -2.19. The molecule has 1 aliphatic heterocycles. The summed E-state index contributed by atoms with van der Waals surface area (Å²) in [4.78, 5) is 18.1. The average molecular weight is 272 g/mol. The number of carbonyl (C=O) groups is 1. The first-order valence-electron chi connectivity index (χ1n) is 6.66. The van der Waals surface area contributed by atoms with Crippen molar-refractivity contribution in [1.29, 1.82) is 0 Å². The highest BCUT2D eigenvalue weighted by atomic mass is 16.5. The monoisotopic (exact) mass is 272 g/mol. The summed E-state index contributed by atoms with van der Waals surface area (Å²) in [6, 6.07) is 7.17. The van der Waals surface area contributed by atoms with E-state index in [2.05, 4.69) is 4.98 Å². The number of methoxy groups -OCH3 is 1. The molecule has 1 aromatic carbocycles. The molecule has 0 saturated carbocycles. The van der Waals surface area contributed by atoms with Gasteiger partial charge in [-0.2, -0.15) is 0 Å². The van der Waals surface area contributed by atoms with Crippen LogP contribution in [-0.2, 0) is 0 Å². The first kappa shape index (κ1) is 12.7. The molecule has 0 aliphatic carbocycles. The van der Waals surface area contributed by atoms with Crippen molar-refractivity contribution in [2.75, 3.05) is 25.1 Å². The highest BCUT2D eigenvalue weighted by Gasteiger charge is 2.21. The molecule has 2 aromatic rings. The van der Waals surface area contributed by atoms with E-state index >= 15 is 0 Å². The van der Waals surface area contributed by atoms with E-state index in [0.29, 0.717) is 5.82 Å². The molecule has 5 heteroatoms. The molecule has 0 unspecified atom stereocenters. The van der Waals surface area contributed by atoms with Crippen LogP contribution in [0.5, 0.6) is 5.75 Å². The molecule has 1 N–H and O–H groups in total. The van der Waals surface area contributed by atoms with Gasteiger partial charge in [0.25, 0.3) is 0 Å². The van der Waals surface area contributed by atoms with Crippen LogP contribution in [0.3, 0.4) is 0 Å². The Morgan fingerprint density at radius 2 is 2.05 bits per heavy atom. The fraction of sp³-hybridized carbons (Fsp3) is 0.333. The highest BCUT2D eigenvalue weighted by molar-refractivity contribution is 5.98. The lowest BCUT2D eigenvalue weighted by Crippen LogP contribution is -2.22. The lowest BCUT2D eigenvalue weighted by atomic mass is 10.1. The largest absolute Gasteiger partial charge is 0.497 e. The number of hydrogen-bond donors (Lipinski definition) is 1. The third kappa shape index (κ3) is 2.15. The molecule has 5 nitrogen and oxygen atoms in total. The molecule has 1 fully saturated rings. The Morgan fingerprint density at radius 1 is 1.30 bits per heavy atom. The minimum absolute atomic E-state index is 0.268. The van der Waals surface area contributed by atoms with Crippen LogP contribution in [0.25, 0.3) is 10.9 Å². The quantitative estimate of drug-likeness (QED) is 0.930. The molecule has 0 atom stereocenters. The van der Waals surface area contributed by atoms with Gasteiger partial charge in [0.1, 0.15) is 17.1 Å². The van der Waals surface area contributed by atoms with Crippen molar-refractivity contribution in [3.05, 3.63) is 29.8 Å². The van der Waals surface area contributed by atoms with Crippen molar-refractivity contribution in [1.82, 2.24) is 4.98 Å². The predicted molar refractivity (Wildman–Crippen MR) is 76.7 cm³/mol. The molecule has 3 rings (SSSR count). The SMILES string of the molecule is COc1ccc2cc(C(=O)O)c(N3CCCC3)nc2c1. The van der Waals surface area contributed by atoms with Gasteiger partial charge < -0.3 is 14.7 Å². The van der Waals surface area contributed by atoms with Gasteiger partial charge in [0.15, 0.2) is 0 Å². The number of hydrogen-bond acceptors (Lipinski definition) is 4. The second kappa shape index (κ2) is 5.00. The van der Waals surface area contributed by atoms with E-state index < -0.39 is 5.97 Å². The van der Waals surface area contributed by atoms with Gasteiger partial charge in [0, 0.05) is 24.5 Å². The number of fused-ring (bicyclic) bond motifs is 1. The summed E-state index contributed by atoms with van der Waals surface area (Å²) in [5.41, 5.74) is 1.03. The number of pyridine rings is 1. The summed E-state index contributed by atoms with van der Waals surface area (Å²) in [5.74, 6) is 0.355. The fourth-order valence-corrected chi connectivity index (χ4v) is 2.59. The van der Waals surface area contributed by atoms with Crippen LogP contribution in [0.1, 0.15) is 23.2 Å². The van der Waals surface area contributed by atoms with E-state index in [1.54, 1.807) is 13.2 Å². The zero-order valence-corrected chi connectivity index (χ0v) is 11.3. The van der Waals surface area contributed by atoms with Gasteiger partial charge in [-0.25, -0.2) is 9.78 Å². The van der Waals surface area contributed by atoms with Gasteiger partial charge in [-0.3, -0.25) is 0 Å². The van der Waals surface area contributed by atoms with Crippen molar-refractivity contribution in [2.24, 2.45) is 0 Å². The predicted octanol–water partition coefficient (Wildman–Crippen LogP) is 2.54. The normalized spacial score (nSPS) is 14.8. The van der Waals surface area contributed by atoms with Crippen molar-refractivity contribution >= 4 is 22.7 Å². The maximum Gasteiger partial charge on any atom is 0.339 e. The smallest absolute Gasteiger partial charge is 0.339 e. The molecule has 0 radical (unpaired) electrons. The Kier molecular flexibility index (Phi) is 3.18. The topological polar surface area (TPSA) is 62.7 Å². The molecule has 1 saturated heterocycles. The lowest BCUT2D eigenvalue weighted by molar-refractivity contribution is 0.0697. The number of aromatic nitrogens is 1. The number of benzene rings is 1. The number of anilines is 1. The molecule has 104 valence electrons. The maximum atomic E-state index is 11.5. The summed E-state index contributed by atoms with van der Waals surface area (Å²) in [7, 11) is 1.61. The molecule has 0 spiro atoms. The Labute approximate surface area is 116 Å². The Bertz CT molecular complexity index is 663. The van der Waals surface area contributed by atoms with Gasteiger partial charge in [-0.15, -0.1) is 0 Å². The molecular formula is C15H16N2O3. The highest BCUT2D eigenvalue weighted by Crippen LogP contribution is 2.28. The van der Waals surface area contributed by atoms with Crippen molar-refractivity contribution in [3.8, 4) is 5.75 Å². The van der Waals surface area contributed by atoms with E-state index in [-0.39, 0.29) is 5.56 Å². The van der Waals surface area contributed by atoms with Gasteiger partial charge in [-0.1, -0.05) is 0 Å². The van der Waals surface area contributed by atoms with Crippen molar-refractivity contribution < 1.29 is 14.6 Å². The van der Waals surface area contributed by atoms with Crippen LogP contribution in [0.4, 0.5) is 5.82 Å². The number of carboxylic acid groups (broad SMARTS) is 1. The van der Waals surface area contributed by atoms with Gasteiger partial charge in [0.2, 0.25) is 0 Å². The minimum Gasteiger partial charge on any atom is -0.497 e. The Balaban J connectivity index is 2.18. The second-order valence-corrected chi connectivity index (χ2v) is 4.92. The van der Waals surface area contributed by atoms with E-state index in [9.17, 15) is 9.90 Å². The van der Waals surface area contributed by atoms with Gasteiger partial charge in [0.05, 0.1) is 12.6 Å². The molecule has 2 heterocycles. The Morgan fingerprint density at radius 3 is 2.70 bits per heavy atom. The second-order valence-electron chi connectivity index (χ2n) is 4.92. The summed E-state index contributed by atoms with van der Waals surface area (Å²) < 4.78 is 5.20. The number of ether oxygens (including phenoxy) is 1. The summed E-state index contributed by atoms with van der Waals surface area (Å²) >= 11 is 0. The van der Waals surface area contributed by atoms with Crippen molar-refractivity contribution in [3.63, 3.8) is 0 Å². The standard InChI is InChI=1S/C15H16N2O3/c1-20-11-5-4-10-8-12(15(18)19)14(16-13(10)9-11)17-6-2-3-7-17/h4-5,8-9H,2-3,6-7H2,1H3,(H,18,19). The summed E-state index contributed by atoms with van der Waals surface area (Å²) in [6.45, 7) is 1.73. The van der Waals surface area contributed by atoms with E-state index in [4.69, 9.17) is 4.74 Å². The zero-order valence-electron chi connectivity index (χ0n) is 11.3. The molecular weight excluding hydrogens is 256 g/mol. The van der Waals surface area contributed by atoms with Gasteiger partial charge in [-0.05, 0) is 31.0 Å². The third-order valence-electron chi connectivity index (χ3n) is 3.64. The van der Waals surface area contributed by atoms with E-state index in [0.717, 1.165) is 42.6 Å². The molecule has 0 bridgehead atoms. The molecule has 1 aliphatic rings. The fourth-order valence-electron chi connectivity index (χ4n) is 2.59. The first-order chi connectivity index (χ1) is 9.69. The van der Waals surface area contributed by atoms with Crippen LogP contribution >= 0.6 is 0 Å². The number of aromatic carboxylic acids is 1. The van der Waals surface area contributed by atoms with Crippen molar-refractivity contribution in [2.45, 2.75) is 12.8 Å². The number of carboxylic acids is 1. The first-order valence-corrected chi connectivity index (χ1v) is 6.66. The summed E-state index contributed by atoms with van der Waals surface area (Å²) in [6.07, 6.45) is 2.16. The average Bonchev–Trinajstić information content (AvgIpc) is 2.99. The number of nitrogens with zero attached hydrogens (tertiary/aromatic N) is 2. The van der Waals surface area contributed by atoms with E-state index in [1.165, 1.54) is 0 Å². The Hall–Kier alpha value is -2.30. The number of rotatable bonds is 3. The maximum absolute atomic E-state index is 11.5. The summed E-state index contributed by atoms with van der Waals surface area (Å²) in [5, 5.41) is 10.2. The van der Waals surface area contributed by atoms with Crippen LogP contribution in [-0.4, -0.2) is 36.3 Å². The van der Waals surface area contributed by atoms with Crippen LogP contribution in [0.15, 0.2) is 24.3 Å². The van der Waals surface area contributed by atoms with Crippen LogP contribution in [0, 0.1) is 0 Å². The molecule has 20 heavy (non-hydrogen) atoms. The van der Waals surface area contributed by atoms with Crippen LogP contribution in [0.2, 0.25) is 0 Å². The van der Waals surface area contributed by atoms with E-state index in [1.807, 2.05) is 23.1 Å². The zero-order chi connectivity index (χ0) is 14.1. The van der Waals surface area contributed by atoms with Crippen LogP contribution < -0.4 is 9.64 Å². The molecule has 0 amide bonds.